The van der Waals surface area contributed by atoms with Crippen LogP contribution in [-0.2, 0) is 14.8 Å². The molecule has 7 nitrogen and oxygen atoms in total. The molecule has 0 saturated heterocycles. The van der Waals surface area contributed by atoms with Crippen molar-refractivity contribution in [2.45, 2.75) is 18.7 Å². The molecule has 0 bridgehead atoms. The summed E-state index contributed by atoms with van der Waals surface area (Å²) in [6.45, 7) is 4.43. The van der Waals surface area contributed by atoms with Gasteiger partial charge in [0.25, 0.3) is 10.0 Å². The Morgan fingerprint density at radius 1 is 1.16 bits per heavy atom. The molecule has 0 aliphatic heterocycles. The molecule has 0 amide bonds. The molecule has 0 saturated carbocycles. The lowest BCUT2D eigenvalue weighted by Crippen LogP contribution is -2.16. The van der Waals surface area contributed by atoms with Crippen molar-refractivity contribution in [3.8, 4) is 11.5 Å². The molecule has 0 unspecified atom stereocenters. The number of anilines is 1. The van der Waals surface area contributed by atoms with Crippen molar-refractivity contribution in [3.05, 3.63) is 34.5 Å². The van der Waals surface area contributed by atoms with Crippen molar-refractivity contribution in [2.24, 2.45) is 0 Å². The van der Waals surface area contributed by atoms with Gasteiger partial charge in [-0.1, -0.05) is 0 Å². The highest BCUT2D eigenvalue weighted by Crippen LogP contribution is 2.32. The molecule has 1 aromatic heterocycles. The highest BCUT2D eigenvalue weighted by atomic mass is 32.2. The predicted octanol–water partition coefficient (Wildman–Crippen LogP) is 3.13. The standard InChI is InChI=1S/C16H19NO6S2/c1-4-22-11-6-7-13(23-5-2)12(10-11)17-25(19,20)14-8-9-24-15(14)16(18)21-3/h6-10,17H,4-5H2,1-3H3. The molecule has 1 N–H and O–H groups in total. The molecule has 0 fully saturated rings. The van der Waals surface area contributed by atoms with Crippen molar-refractivity contribution >= 4 is 33.0 Å². The van der Waals surface area contributed by atoms with Crippen LogP contribution < -0.4 is 14.2 Å². The fourth-order valence-electron chi connectivity index (χ4n) is 2.08. The number of hydrogen-bond acceptors (Lipinski definition) is 7. The first-order valence-electron chi connectivity index (χ1n) is 7.51. The van der Waals surface area contributed by atoms with Crippen LogP contribution in [0.15, 0.2) is 34.5 Å². The zero-order valence-electron chi connectivity index (χ0n) is 14.1. The Morgan fingerprint density at radius 3 is 2.52 bits per heavy atom. The smallest absolute Gasteiger partial charge is 0.349 e. The van der Waals surface area contributed by atoms with Crippen molar-refractivity contribution in [1.82, 2.24) is 0 Å². The minimum Gasteiger partial charge on any atom is -0.494 e. The second-order valence-electron chi connectivity index (χ2n) is 4.74. The lowest BCUT2D eigenvalue weighted by atomic mass is 10.3. The first-order chi connectivity index (χ1) is 11.9. The van der Waals surface area contributed by atoms with Gasteiger partial charge in [0.05, 0.1) is 26.0 Å². The van der Waals surface area contributed by atoms with Gasteiger partial charge in [0.1, 0.15) is 21.3 Å². The minimum absolute atomic E-state index is 0.00826. The van der Waals surface area contributed by atoms with E-state index in [1.54, 1.807) is 19.1 Å². The Kier molecular flexibility index (Phi) is 6.27. The van der Waals surface area contributed by atoms with Crippen LogP contribution in [0.4, 0.5) is 5.69 Å². The minimum atomic E-state index is -4.00. The second-order valence-corrected chi connectivity index (χ2v) is 7.30. The van der Waals surface area contributed by atoms with E-state index in [1.807, 2.05) is 6.92 Å². The number of carbonyl (C=O) groups is 1. The van der Waals surface area contributed by atoms with Crippen LogP contribution in [0, 0.1) is 0 Å². The van der Waals surface area contributed by atoms with Crippen molar-refractivity contribution in [3.63, 3.8) is 0 Å². The number of esters is 1. The topological polar surface area (TPSA) is 90.9 Å². The van der Waals surface area contributed by atoms with E-state index in [9.17, 15) is 13.2 Å². The average Bonchev–Trinajstić information content (AvgIpc) is 3.07. The summed E-state index contributed by atoms with van der Waals surface area (Å²) in [6, 6.07) is 6.21. The van der Waals surface area contributed by atoms with Gasteiger partial charge in [0.2, 0.25) is 0 Å². The second kappa shape index (κ2) is 8.21. The third kappa shape index (κ3) is 4.43. The molecular weight excluding hydrogens is 366 g/mol. The molecule has 0 radical (unpaired) electrons. The summed E-state index contributed by atoms with van der Waals surface area (Å²) in [5.74, 6) is 0.162. The molecule has 0 atom stereocenters. The largest absolute Gasteiger partial charge is 0.494 e. The van der Waals surface area contributed by atoms with E-state index in [0.29, 0.717) is 24.7 Å². The van der Waals surface area contributed by atoms with Crippen LogP contribution in [0.2, 0.25) is 0 Å². The maximum atomic E-state index is 12.7. The van der Waals surface area contributed by atoms with Crippen LogP contribution in [-0.4, -0.2) is 34.7 Å². The zero-order chi connectivity index (χ0) is 18.4. The molecule has 0 aliphatic carbocycles. The normalized spacial score (nSPS) is 11.0. The van der Waals surface area contributed by atoms with Gasteiger partial charge in [-0.05, 0) is 37.4 Å². The number of nitrogens with one attached hydrogen (secondary N) is 1. The maximum absolute atomic E-state index is 12.7. The molecule has 1 aromatic carbocycles. The molecule has 2 aromatic rings. The van der Waals surface area contributed by atoms with Gasteiger partial charge in [0.15, 0.2) is 0 Å². The van der Waals surface area contributed by atoms with E-state index in [1.165, 1.54) is 24.6 Å². The van der Waals surface area contributed by atoms with Crippen molar-refractivity contribution < 1.29 is 27.4 Å². The SMILES string of the molecule is CCOc1ccc(OCC)c(NS(=O)(=O)c2ccsc2C(=O)OC)c1. The maximum Gasteiger partial charge on any atom is 0.349 e. The fraction of sp³-hybridized carbons (Fsp3) is 0.312. The van der Waals surface area contributed by atoms with Crippen molar-refractivity contribution in [1.29, 1.82) is 0 Å². The van der Waals surface area contributed by atoms with Gasteiger partial charge < -0.3 is 14.2 Å². The summed E-state index contributed by atoms with van der Waals surface area (Å²) in [5.41, 5.74) is 0.231. The van der Waals surface area contributed by atoms with Crippen LogP contribution >= 0.6 is 11.3 Å². The van der Waals surface area contributed by atoms with E-state index >= 15 is 0 Å². The summed E-state index contributed by atoms with van der Waals surface area (Å²) in [4.78, 5) is 11.6. The van der Waals surface area contributed by atoms with Crippen molar-refractivity contribution in [2.75, 3.05) is 25.0 Å². The van der Waals surface area contributed by atoms with E-state index in [-0.39, 0.29) is 15.5 Å². The first-order valence-corrected chi connectivity index (χ1v) is 9.87. The van der Waals surface area contributed by atoms with Gasteiger partial charge in [-0.15, -0.1) is 11.3 Å². The molecular formula is C16H19NO6S2. The summed E-state index contributed by atoms with van der Waals surface area (Å²) in [6.07, 6.45) is 0. The Balaban J connectivity index is 2.41. The van der Waals surface area contributed by atoms with Gasteiger partial charge in [-0.25, -0.2) is 13.2 Å². The van der Waals surface area contributed by atoms with Crippen LogP contribution in [0.5, 0.6) is 11.5 Å². The number of sulfonamides is 1. The Labute approximate surface area is 150 Å². The monoisotopic (exact) mass is 385 g/mol. The number of rotatable bonds is 8. The molecule has 0 aliphatic rings. The van der Waals surface area contributed by atoms with Gasteiger partial charge in [0, 0.05) is 6.07 Å². The first kappa shape index (κ1) is 19.1. The third-order valence-corrected chi connectivity index (χ3v) is 5.53. The Bertz CT molecular complexity index is 844. The molecule has 25 heavy (non-hydrogen) atoms. The van der Waals surface area contributed by atoms with Crippen LogP contribution in [0.1, 0.15) is 23.5 Å². The van der Waals surface area contributed by atoms with Crippen LogP contribution in [0.3, 0.4) is 0 Å². The molecule has 9 heteroatoms. The average molecular weight is 385 g/mol. The Hall–Kier alpha value is -2.26. The highest BCUT2D eigenvalue weighted by Gasteiger charge is 2.26. The molecule has 1 heterocycles. The fourth-order valence-corrected chi connectivity index (χ4v) is 4.47. The molecule has 136 valence electrons. The highest BCUT2D eigenvalue weighted by molar-refractivity contribution is 7.93. The quantitative estimate of drug-likeness (QED) is 0.702. The number of benzene rings is 1. The van der Waals surface area contributed by atoms with Crippen LogP contribution in [0.25, 0.3) is 0 Å². The molecule has 0 spiro atoms. The lowest BCUT2D eigenvalue weighted by Gasteiger charge is -2.14. The summed E-state index contributed by atoms with van der Waals surface area (Å²) in [5, 5.41) is 1.51. The summed E-state index contributed by atoms with van der Waals surface area (Å²) < 4.78 is 43.4. The number of hydrogen-bond donors (Lipinski definition) is 1. The Morgan fingerprint density at radius 2 is 1.88 bits per heavy atom. The van der Waals surface area contributed by atoms with Gasteiger partial charge >= 0.3 is 5.97 Å². The zero-order valence-corrected chi connectivity index (χ0v) is 15.7. The number of carbonyl (C=O) groups excluding carboxylic acids is 1. The lowest BCUT2D eigenvalue weighted by molar-refractivity contribution is 0.0602. The van der Waals surface area contributed by atoms with Gasteiger partial charge in [-0.2, -0.15) is 0 Å². The van der Waals surface area contributed by atoms with E-state index in [0.717, 1.165) is 11.3 Å². The van der Waals surface area contributed by atoms with E-state index in [2.05, 4.69) is 9.46 Å². The van der Waals surface area contributed by atoms with E-state index < -0.39 is 16.0 Å². The van der Waals surface area contributed by atoms with Gasteiger partial charge in [-0.3, -0.25) is 4.72 Å². The van der Waals surface area contributed by atoms with E-state index in [4.69, 9.17) is 9.47 Å². The summed E-state index contributed by atoms with van der Waals surface area (Å²) in [7, 11) is -2.81. The number of ether oxygens (including phenoxy) is 3. The predicted molar refractivity (Wildman–Crippen MR) is 95.2 cm³/mol. The third-order valence-electron chi connectivity index (χ3n) is 3.10. The number of methoxy groups -OCH3 is 1. The summed E-state index contributed by atoms with van der Waals surface area (Å²) >= 11 is 0.996. The molecule has 2 rings (SSSR count). The number of thiophene rings is 1.